The number of likely N-dealkylation sites (N-methyl/N-ethyl adjacent to an activating group) is 1. The van der Waals surface area contributed by atoms with Gasteiger partial charge < -0.3 is 24.7 Å². The average molecular weight is 597 g/mol. The van der Waals surface area contributed by atoms with Gasteiger partial charge >= 0.3 is 0 Å². The summed E-state index contributed by atoms with van der Waals surface area (Å²) in [5.41, 5.74) is -2.72. The normalized spacial score (nSPS) is 22.7. The minimum atomic E-state index is -1.21. The summed E-state index contributed by atoms with van der Waals surface area (Å²) in [6.07, 6.45) is 5.52. The molecule has 13 heteroatoms. The zero-order chi connectivity index (χ0) is 29.9. The lowest BCUT2D eigenvalue weighted by molar-refractivity contribution is -0.0631. The fourth-order valence-electron chi connectivity index (χ4n) is 5.41. The van der Waals surface area contributed by atoms with Gasteiger partial charge in [-0.05, 0) is 46.1 Å². The standard InChI is InChI=1S/C28H32ClF3N4O5/c1-16-6-7-28(11-18(34-41-28)5-3-4-8-29)24(14-35(16)2)36-13-20(25(38)26(39)23(36)15-37)27(40)33-12-19-21(31)9-17(30)10-22(19)32/h9-10,13,15-16,24,39H,3-8,11-12,14H2,1-2H3,(H,33,40). The molecule has 2 aliphatic rings. The van der Waals surface area contributed by atoms with Crippen LogP contribution in [0.3, 0.4) is 0 Å². The summed E-state index contributed by atoms with van der Waals surface area (Å²) in [5, 5.41) is 17.3. The van der Waals surface area contributed by atoms with E-state index in [1.165, 1.54) is 4.57 Å². The second-order valence-electron chi connectivity index (χ2n) is 10.6. The molecule has 222 valence electrons. The maximum atomic E-state index is 14.1. The Hall–Kier alpha value is -3.38. The van der Waals surface area contributed by atoms with Crippen LogP contribution in [0.1, 0.15) is 77.9 Å². The van der Waals surface area contributed by atoms with E-state index in [1.807, 2.05) is 14.0 Å². The van der Waals surface area contributed by atoms with Gasteiger partial charge in [-0.25, -0.2) is 13.2 Å². The third kappa shape index (κ3) is 6.28. The first-order valence-electron chi connectivity index (χ1n) is 13.4. The summed E-state index contributed by atoms with van der Waals surface area (Å²) >= 11 is 5.82. The Morgan fingerprint density at radius 3 is 2.66 bits per heavy atom. The van der Waals surface area contributed by atoms with Crippen molar-refractivity contribution in [2.24, 2.45) is 5.16 Å². The molecule has 2 aromatic rings. The molecule has 0 aliphatic carbocycles. The summed E-state index contributed by atoms with van der Waals surface area (Å²) in [6.45, 7) is 1.69. The topological polar surface area (TPSA) is 113 Å². The molecule has 1 saturated heterocycles. The van der Waals surface area contributed by atoms with Crippen LogP contribution in [0.25, 0.3) is 0 Å². The smallest absolute Gasteiger partial charge is 0.257 e. The van der Waals surface area contributed by atoms with E-state index in [0.717, 1.165) is 31.2 Å². The van der Waals surface area contributed by atoms with Gasteiger partial charge in [-0.2, -0.15) is 0 Å². The van der Waals surface area contributed by atoms with Crippen molar-refractivity contribution >= 4 is 29.5 Å². The van der Waals surface area contributed by atoms with Crippen molar-refractivity contribution in [2.75, 3.05) is 19.5 Å². The Morgan fingerprint density at radius 2 is 2.00 bits per heavy atom. The summed E-state index contributed by atoms with van der Waals surface area (Å²) in [5.74, 6) is -5.01. The van der Waals surface area contributed by atoms with E-state index in [4.69, 9.17) is 16.4 Å². The van der Waals surface area contributed by atoms with Crippen molar-refractivity contribution in [3.8, 4) is 5.75 Å². The molecule has 1 aromatic carbocycles. The highest BCUT2D eigenvalue weighted by molar-refractivity contribution is 6.17. The van der Waals surface area contributed by atoms with E-state index in [-0.39, 0.29) is 11.7 Å². The number of unbranched alkanes of at least 4 members (excludes halogenated alkanes) is 1. The minimum Gasteiger partial charge on any atom is -0.503 e. The van der Waals surface area contributed by atoms with Crippen LogP contribution >= 0.6 is 11.6 Å². The van der Waals surface area contributed by atoms with Gasteiger partial charge in [0.15, 0.2) is 17.6 Å². The van der Waals surface area contributed by atoms with Crippen LogP contribution in [0.4, 0.5) is 13.2 Å². The fourth-order valence-corrected chi connectivity index (χ4v) is 5.60. The number of carbonyl (C=O) groups is 2. The van der Waals surface area contributed by atoms with E-state index in [0.29, 0.717) is 50.1 Å². The summed E-state index contributed by atoms with van der Waals surface area (Å²) < 4.78 is 42.9. The number of benzene rings is 1. The predicted octanol–water partition coefficient (Wildman–Crippen LogP) is 4.29. The first kappa shape index (κ1) is 30.6. The Kier molecular flexibility index (Phi) is 9.43. The maximum absolute atomic E-state index is 14.1. The lowest BCUT2D eigenvalue weighted by Crippen LogP contribution is -2.45. The number of hydrogen-bond donors (Lipinski definition) is 2. The molecule has 1 amide bonds. The second kappa shape index (κ2) is 12.6. The SMILES string of the molecule is CC1CCC2(CC(CCCCCl)=NO2)C(n2cc(C(=O)NCc3c(F)cc(F)cc3F)c(=O)c(O)c2C=O)CN1C. The number of aromatic nitrogens is 1. The summed E-state index contributed by atoms with van der Waals surface area (Å²) in [7, 11) is 1.90. The molecule has 3 unspecified atom stereocenters. The van der Waals surface area contributed by atoms with Gasteiger partial charge in [0.25, 0.3) is 5.91 Å². The van der Waals surface area contributed by atoms with E-state index in [1.54, 1.807) is 0 Å². The van der Waals surface area contributed by atoms with Crippen molar-refractivity contribution in [3.63, 3.8) is 0 Å². The summed E-state index contributed by atoms with van der Waals surface area (Å²) in [4.78, 5) is 46.4. The molecule has 4 rings (SSSR count). The quantitative estimate of drug-likeness (QED) is 0.254. The van der Waals surface area contributed by atoms with E-state index >= 15 is 0 Å². The number of rotatable bonds is 9. The molecule has 1 fully saturated rings. The molecular weight excluding hydrogens is 565 g/mol. The lowest BCUT2D eigenvalue weighted by atomic mass is 9.83. The molecule has 9 nitrogen and oxygen atoms in total. The number of pyridine rings is 1. The van der Waals surface area contributed by atoms with Gasteiger partial charge in [-0.1, -0.05) is 5.16 Å². The van der Waals surface area contributed by atoms with Gasteiger partial charge in [0.05, 0.1) is 11.8 Å². The highest BCUT2D eigenvalue weighted by Gasteiger charge is 2.50. The number of nitrogens with zero attached hydrogens (tertiary/aromatic N) is 3. The monoisotopic (exact) mass is 596 g/mol. The number of carbonyl (C=O) groups excluding carboxylic acids is 2. The number of halogens is 4. The first-order valence-corrected chi connectivity index (χ1v) is 13.9. The highest BCUT2D eigenvalue weighted by atomic mass is 35.5. The van der Waals surface area contributed by atoms with Crippen LogP contribution in [0, 0.1) is 17.5 Å². The molecule has 0 saturated carbocycles. The molecule has 2 N–H and O–H groups in total. The first-order chi connectivity index (χ1) is 19.5. The zero-order valence-electron chi connectivity index (χ0n) is 22.8. The number of hydrogen-bond acceptors (Lipinski definition) is 7. The van der Waals surface area contributed by atoms with Gasteiger partial charge in [0.2, 0.25) is 5.43 Å². The Labute approximate surface area is 239 Å². The predicted molar refractivity (Wildman–Crippen MR) is 146 cm³/mol. The molecule has 2 aliphatic heterocycles. The van der Waals surface area contributed by atoms with Crippen molar-refractivity contribution in [2.45, 2.75) is 69.7 Å². The largest absolute Gasteiger partial charge is 0.503 e. The molecule has 1 aromatic heterocycles. The van der Waals surface area contributed by atoms with Crippen LogP contribution in [0.5, 0.6) is 5.75 Å². The summed E-state index contributed by atoms with van der Waals surface area (Å²) in [6, 6.07) is 0.422. The molecule has 3 atom stereocenters. The number of oxime groups is 1. The average Bonchev–Trinajstić information content (AvgIpc) is 3.30. The number of amides is 1. The van der Waals surface area contributed by atoms with Gasteiger partial charge in [0, 0.05) is 55.3 Å². The van der Waals surface area contributed by atoms with Gasteiger partial charge in [0.1, 0.15) is 28.7 Å². The van der Waals surface area contributed by atoms with Crippen LogP contribution in [-0.2, 0) is 11.4 Å². The van der Waals surface area contributed by atoms with Crippen molar-refractivity contribution in [3.05, 3.63) is 62.8 Å². The van der Waals surface area contributed by atoms with Crippen LogP contribution < -0.4 is 10.7 Å². The molecule has 0 radical (unpaired) electrons. The van der Waals surface area contributed by atoms with Crippen LogP contribution in [0.15, 0.2) is 28.3 Å². The van der Waals surface area contributed by atoms with Crippen LogP contribution in [-0.4, -0.2) is 63.6 Å². The highest BCUT2D eigenvalue weighted by Crippen LogP contribution is 2.44. The van der Waals surface area contributed by atoms with Crippen molar-refractivity contribution in [1.82, 2.24) is 14.8 Å². The lowest BCUT2D eigenvalue weighted by Gasteiger charge is -2.37. The minimum absolute atomic E-state index is 0.136. The van der Waals surface area contributed by atoms with Crippen molar-refractivity contribution < 1.29 is 32.7 Å². The second-order valence-corrected chi connectivity index (χ2v) is 11.0. The Balaban J connectivity index is 1.72. The third-order valence-corrected chi connectivity index (χ3v) is 8.25. The number of nitrogens with one attached hydrogen (secondary N) is 1. The molecule has 1 spiro atoms. The molecule has 3 heterocycles. The number of aromatic hydroxyl groups is 1. The third-order valence-electron chi connectivity index (χ3n) is 7.99. The van der Waals surface area contributed by atoms with Crippen LogP contribution in [0.2, 0.25) is 0 Å². The number of likely N-dealkylation sites (tertiary alicyclic amines) is 1. The van der Waals surface area contributed by atoms with Gasteiger partial charge in [-0.3, -0.25) is 14.4 Å². The molecule has 41 heavy (non-hydrogen) atoms. The maximum Gasteiger partial charge on any atom is 0.257 e. The number of aldehydes is 1. The zero-order valence-corrected chi connectivity index (χ0v) is 23.5. The van der Waals surface area contributed by atoms with Crippen molar-refractivity contribution in [1.29, 1.82) is 0 Å². The van der Waals surface area contributed by atoms with Gasteiger partial charge in [-0.15, -0.1) is 11.6 Å². The Morgan fingerprint density at radius 1 is 1.29 bits per heavy atom. The van der Waals surface area contributed by atoms with E-state index < -0.39 is 63.9 Å². The Bertz CT molecular complexity index is 1390. The fraction of sp³-hybridized carbons (Fsp3) is 0.500. The number of alkyl halides is 1. The van der Waals surface area contributed by atoms with E-state index in [2.05, 4.69) is 15.4 Å². The van der Waals surface area contributed by atoms with E-state index in [9.17, 15) is 32.7 Å². The molecular formula is C28H32ClF3N4O5. The molecule has 0 bridgehead atoms.